The van der Waals surface area contributed by atoms with Gasteiger partial charge in [-0.1, -0.05) is 48.5 Å². The number of nitrogens with zero attached hydrogens (tertiary/aromatic N) is 1. The first-order valence-electron chi connectivity index (χ1n) is 9.03. The highest BCUT2D eigenvalue weighted by Gasteiger charge is 2.13. The monoisotopic (exact) mass is 343 g/mol. The van der Waals surface area contributed by atoms with Gasteiger partial charge in [0.1, 0.15) is 5.75 Å². The fourth-order valence-corrected chi connectivity index (χ4v) is 3.64. The third kappa shape index (κ3) is 2.97. The van der Waals surface area contributed by atoms with E-state index in [4.69, 9.17) is 0 Å². The number of rotatable bonds is 5. The largest absolute Gasteiger partial charge is 0.507 e. The van der Waals surface area contributed by atoms with Gasteiger partial charge in [-0.15, -0.1) is 0 Å². The molecule has 4 aromatic rings. The van der Waals surface area contributed by atoms with Gasteiger partial charge in [-0.25, -0.2) is 0 Å². The van der Waals surface area contributed by atoms with Crippen LogP contribution in [0.15, 0.2) is 77.6 Å². The highest BCUT2D eigenvalue weighted by atomic mass is 16.3. The minimum absolute atomic E-state index is 0.0521. The first-order chi connectivity index (χ1) is 12.8. The average molecular weight is 343 g/mol. The van der Waals surface area contributed by atoms with Crippen LogP contribution in [0.25, 0.3) is 21.8 Å². The average Bonchev–Trinajstić information content (AvgIpc) is 2.68. The van der Waals surface area contributed by atoms with E-state index in [0.29, 0.717) is 10.8 Å². The minimum Gasteiger partial charge on any atom is -0.507 e. The van der Waals surface area contributed by atoms with Crippen LogP contribution in [0, 0.1) is 0 Å². The highest BCUT2D eigenvalue weighted by Crippen LogP contribution is 2.26. The lowest BCUT2D eigenvalue weighted by molar-refractivity contribution is 0.481. The van der Waals surface area contributed by atoms with Crippen molar-refractivity contribution in [2.45, 2.75) is 25.8 Å². The van der Waals surface area contributed by atoms with E-state index < -0.39 is 0 Å². The molecule has 0 saturated carbocycles. The lowest BCUT2D eigenvalue weighted by atomic mass is 10.1. The van der Waals surface area contributed by atoms with Crippen molar-refractivity contribution in [2.75, 3.05) is 0 Å². The van der Waals surface area contributed by atoms with Crippen molar-refractivity contribution in [1.82, 2.24) is 4.57 Å². The summed E-state index contributed by atoms with van der Waals surface area (Å²) in [6.07, 6.45) is 3.12. The standard InChI is InChI=1S/C23H21NO2/c25-21-15-8-14-20-22(21)23(26)18-12-4-5-13-19(18)24(20)16-7-6-11-17-9-2-1-3-10-17/h1-5,8-10,12-15,25H,6-7,11,16H2. The molecule has 0 fully saturated rings. The number of aromatic nitrogens is 1. The van der Waals surface area contributed by atoms with E-state index in [9.17, 15) is 9.90 Å². The van der Waals surface area contributed by atoms with Gasteiger partial charge in [0.2, 0.25) is 5.43 Å². The molecule has 0 spiro atoms. The Morgan fingerprint density at radius 1 is 0.769 bits per heavy atom. The Labute approximate surface area is 152 Å². The van der Waals surface area contributed by atoms with E-state index in [0.717, 1.165) is 36.8 Å². The minimum atomic E-state index is -0.103. The molecule has 0 aliphatic carbocycles. The summed E-state index contributed by atoms with van der Waals surface area (Å²) in [6.45, 7) is 0.813. The van der Waals surface area contributed by atoms with Crippen molar-refractivity contribution in [2.24, 2.45) is 0 Å². The molecule has 0 aliphatic heterocycles. The Morgan fingerprint density at radius 2 is 1.50 bits per heavy atom. The summed E-state index contributed by atoms with van der Waals surface area (Å²) in [7, 11) is 0. The van der Waals surface area contributed by atoms with Crippen LogP contribution in [0.3, 0.4) is 0 Å². The molecular weight excluding hydrogens is 322 g/mol. The summed E-state index contributed by atoms with van der Waals surface area (Å²) in [5.41, 5.74) is 2.97. The van der Waals surface area contributed by atoms with Crippen LogP contribution in [0.1, 0.15) is 18.4 Å². The Kier molecular flexibility index (Phi) is 4.44. The van der Waals surface area contributed by atoms with Gasteiger partial charge in [-0.3, -0.25) is 4.79 Å². The molecule has 0 amide bonds. The van der Waals surface area contributed by atoms with Gasteiger partial charge in [0, 0.05) is 11.9 Å². The van der Waals surface area contributed by atoms with E-state index in [1.807, 2.05) is 36.4 Å². The third-order valence-electron chi connectivity index (χ3n) is 4.92. The normalized spacial score (nSPS) is 11.2. The zero-order chi connectivity index (χ0) is 17.9. The Hall–Kier alpha value is -3.07. The molecule has 130 valence electrons. The number of aryl methyl sites for hydroxylation is 2. The number of benzene rings is 3. The van der Waals surface area contributed by atoms with Crippen LogP contribution in [-0.2, 0) is 13.0 Å². The summed E-state index contributed by atoms with van der Waals surface area (Å²) in [5, 5.41) is 11.3. The SMILES string of the molecule is O=c1c2ccccc2n(CCCCc2ccccc2)c2cccc(O)c12. The lowest BCUT2D eigenvalue weighted by Crippen LogP contribution is -2.12. The van der Waals surface area contributed by atoms with Crippen LogP contribution in [0.2, 0.25) is 0 Å². The number of aromatic hydroxyl groups is 1. The molecule has 0 atom stereocenters. The maximum Gasteiger partial charge on any atom is 0.200 e. The molecule has 0 unspecified atom stereocenters. The Bertz CT molecular complexity index is 1110. The summed E-state index contributed by atoms with van der Waals surface area (Å²) in [5.74, 6) is 0.0521. The zero-order valence-electron chi connectivity index (χ0n) is 14.6. The molecule has 3 aromatic carbocycles. The smallest absolute Gasteiger partial charge is 0.200 e. The van der Waals surface area contributed by atoms with Crippen LogP contribution in [0.5, 0.6) is 5.75 Å². The van der Waals surface area contributed by atoms with Gasteiger partial charge in [0.15, 0.2) is 0 Å². The quantitative estimate of drug-likeness (QED) is 0.414. The molecule has 4 rings (SSSR count). The molecule has 3 nitrogen and oxygen atoms in total. The molecular formula is C23H21NO2. The second-order valence-electron chi connectivity index (χ2n) is 6.61. The molecule has 0 aliphatic rings. The Morgan fingerprint density at radius 3 is 2.35 bits per heavy atom. The van der Waals surface area contributed by atoms with Gasteiger partial charge in [0.05, 0.1) is 16.4 Å². The lowest BCUT2D eigenvalue weighted by Gasteiger charge is -2.15. The van der Waals surface area contributed by atoms with Gasteiger partial charge < -0.3 is 9.67 Å². The number of unbranched alkanes of at least 4 members (excludes halogenated alkanes) is 1. The van der Waals surface area contributed by atoms with E-state index >= 15 is 0 Å². The molecule has 0 bridgehead atoms. The maximum absolute atomic E-state index is 12.8. The van der Waals surface area contributed by atoms with Crippen molar-refractivity contribution < 1.29 is 5.11 Å². The van der Waals surface area contributed by atoms with Crippen LogP contribution in [-0.4, -0.2) is 9.67 Å². The summed E-state index contributed by atoms with van der Waals surface area (Å²) in [6, 6.07) is 23.4. The molecule has 1 aromatic heterocycles. The highest BCUT2D eigenvalue weighted by molar-refractivity contribution is 5.96. The second-order valence-corrected chi connectivity index (χ2v) is 6.61. The van der Waals surface area contributed by atoms with E-state index in [-0.39, 0.29) is 11.2 Å². The molecule has 26 heavy (non-hydrogen) atoms. The van der Waals surface area contributed by atoms with Gasteiger partial charge in [-0.2, -0.15) is 0 Å². The van der Waals surface area contributed by atoms with Crippen molar-refractivity contribution in [3.63, 3.8) is 0 Å². The van der Waals surface area contributed by atoms with Crippen molar-refractivity contribution in [1.29, 1.82) is 0 Å². The van der Waals surface area contributed by atoms with Crippen LogP contribution < -0.4 is 5.43 Å². The van der Waals surface area contributed by atoms with Gasteiger partial charge in [0.25, 0.3) is 0 Å². The molecule has 0 radical (unpaired) electrons. The van der Waals surface area contributed by atoms with Gasteiger partial charge in [-0.05, 0) is 49.1 Å². The van der Waals surface area contributed by atoms with Crippen molar-refractivity contribution >= 4 is 21.8 Å². The van der Waals surface area contributed by atoms with Gasteiger partial charge >= 0.3 is 0 Å². The predicted octanol–water partition coefficient (Wildman–Crippen LogP) is 4.88. The topological polar surface area (TPSA) is 42.2 Å². The fourth-order valence-electron chi connectivity index (χ4n) is 3.64. The molecule has 0 saturated heterocycles. The number of fused-ring (bicyclic) bond motifs is 2. The fraction of sp³-hybridized carbons (Fsp3) is 0.174. The van der Waals surface area contributed by atoms with E-state index in [2.05, 4.69) is 28.8 Å². The first kappa shape index (κ1) is 16.4. The first-order valence-corrected chi connectivity index (χ1v) is 9.03. The number of hydrogen-bond acceptors (Lipinski definition) is 2. The summed E-state index contributed by atoms with van der Waals surface area (Å²) in [4.78, 5) is 12.8. The molecule has 1 heterocycles. The maximum atomic E-state index is 12.8. The Balaban J connectivity index is 1.70. The zero-order valence-corrected chi connectivity index (χ0v) is 14.6. The van der Waals surface area contributed by atoms with Crippen molar-refractivity contribution in [3.05, 3.63) is 88.6 Å². The molecule has 3 heteroatoms. The second kappa shape index (κ2) is 7.04. The number of hydrogen-bond donors (Lipinski definition) is 1. The van der Waals surface area contributed by atoms with E-state index in [1.54, 1.807) is 12.1 Å². The van der Waals surface area contributed by atoms with Crippen LogP contribution in [0.4, 0.5) is 0 Å². The summed E-state index contributed by atoms with van der Waals surface area (Å²) >= 11 is 0. The number of phenols is 1. The third-order valence-corrected chi connectivity index (χ3v) is 4.92. The van der Waals surface area contributed by atoms with Crippen molar-refractivity contribution in [3.8, 4) is 5.75 Å². The number of para-hydroxylation sites is 1. The summed E-state index contributed by atoms with van der Waals surface area (Å²) < 4.78 is 2.16. The van der Waals surface area contributed by atoms with Crippen LogP contribution >= 0.6 is 0 Å². The number of pyridine rings is 1. The molecule has 1 N–H and O–H groups in total. The predicted molar refractivity (Wildman–Crippen MR) is 107 cm³/mol. The van der Waals surface area contributed by atoms with E-state index in [1.165, 1.54) is 5.56 Å². The number of phenolic OH excluding ortho intramolecular Hbond substituents is 1.